The number of amides is 2. The van der Waals surface area contributed by atoms with E-state index in [-0.39, 0.29) is 30.0 Å². The van der Waals surface area contributed by atoms with Crippen molar-refractivity contribution in [2.75, 3.05) is 20.2 Å². The molecular formula is C20H20BrN3O4. The smallest absolute Gasteiger partial charge is 0.259 e. The third-order valence-electron chi connectivity index (χ3n) is 4.51. The molecule has 2 aromatic carbocycles. The van der Waals surface area contributed by atoms with E-state index in [0.717, 1.165) is 5.56 Å². The van der Waals surface area contributed by atoms with Crippen molar-refractivity contribution in [1.29, 1.82) is 0 Å². The second kappa shape index (κ2) is 8.88. The van der Waals surface area contributed by atoms with Gasteiger partial charge in [-0.05, 0) is 33.6 Å². The Labute approximate surface area is 171 Å². The number of phenolic OH excluding ortho intramolecular Hbond substituents is 1. The summed E-state index contributed by atoms with van der Waals surface area (Å²) in [6, 6.07) is 12.9. The molecule has 1 aliphatic heterocycles. The number of nitrogens with zero attached hydrogens (tertiary/aromatic N) is 2. The van der Waals surface area contributed by atoms with Crippen LogP contribution in [0.5, 0.6) is 11.5 Å². The number of carbonyl (C=O) groups is 2. The molecule has 8 heteroatoms. The standard InChI is InChI=1S/C20H20BrN3O4/c1-28-18-7-14(16(21)9-17(18)25)10-22-23-19(26)12-24-11-15(8-20(24)27)13-5-3-2-4-6-13/h2-7,9-10,15,25H,8,11-12H2,1H3,(H,23,26)/b22-10+. The van der Waals surface area contributed by atoms with Crippen LogP contribution in [0.4, 0.5) is 0 Å². The second-order valence-electron chi connectivity index (χ2n) is 6.42. The van der Waals surface area contributed by atoms with Crippen molar-refractivity contribution < 1.29 is 19.4 Å². The molecule has 2 N–H and O–H groups in total. The minimum absolute atomic E-state index is 0.00363. The van der Waals surface area contributed by atoms with Gasteiger partial charge in [0.1, 0.15) is 6.54 Å². The van der Waals surface area contributed by atoms with E-state index in [1.54, 1.807) is 11.0 Å². The van der Waals surface area contributed by atoms with Crippen LogP contribution in [0.1, 0.15) is 23.5 Å². The van der Waals surface area contributed by atoms with Gasteiger partial charge in [0.2, 0.25) is 5.91 Å². The minimum atomic E-state index is -0.375. The lowest BCUT2D eigenvalue weighted by molar-refractivity contribution is -0.133. The zero-order valence-electron chi connectivity index (χ0n) is 15.3. The Morgan fingerprint density at radius 1 is 1.39 bits per heavy atom. The van der Waals surface area contributed by atoms with E-state index < -0.39 is 0 Å². The largest absolute Gasteiger partial charge is 0.504 e. The third kappa shape index (κ3) is 4.69. The number of likely N-dealkylation sites (tertiary alicyclic amines) is 1. The van der Waals surface area contributed by atoms with E-state index >= 15 is 0 Å². The molecule has 1 unspecified atom stereocenters. The fraction of sp³-hybridized carbons (Fsp3) is 0.250. The van der Waals surface area contributed by atoms with E-state index in [1.165, 1.54) is 19.4 Å². The number of hydrogen-bond acceptors (Lipinski definition) is 5. The first-order chi connectivity index (χ1) is 13.5. The van der Waals surface area contributed by atoms with E-state index in [4.69, 9.17) is 4.74 Å². The van der Waals surface area contributed by atoms with Gasteiger partial charge in [-0.1, -0.05) is 30.3 Å². The Morgan fingerprint density at radius 2 is 2.14 bits per heavy atom. The number of aromatic hydroxyl groups is 1. The van der Waals surface area contributed by atoms with E-state index in [1.807, 2.05) is 30.3 Å². The Hall–Kier alpha value is -2.87. The molecule has 7 nitrogen and oxygen atoms in total. The van der Waals surface area contributed by atoms with Crippen LogP contribution in [-0.4, -0.2) is 48.2 Å². The number of phenols is 1. The summed E-state index contributed by atoms with van der Waals surface area (Å²) in [6.45, 7) is 0.472. The van der Waals surface area contributed by atoms with E-state index in [2.05, 4.69) is 26.5 Å². The topological polar surface area (TPSA) is 91.2 Å². The Bertz CT molecular complexity index is 902. The van der Waals surface area contributed by atoms with Gasteiger partial charge in [-0.15, -0.1) is 0 Å². The molecule has 1 saturated heterocycles. The number of carbonyl (C=O) groups excluding carboxylic acids is 2. The first kappa shape index (κ1) is 19.9. The van der Waals surface area contributed by atoms with Crippen molar-refractivity contribution in [1.82, 2.24) is 10.3 Å². The highest BCUT2D eigenvalue weighted by Crippen LogP contribution is 2.31. The van der Waals surface area contributed by atoms with Gasteiger partial charge in [-0.3, -0.25) is 9.59 Å². The highest BCUT2D eigenvalue weighted by atomic mass is 79.9. The Morgan fingerprint density at radius 3 is 2.86 bits per heavy atom. The molecule has 2 amide bonds. The van der Waals surface area contributed by atoms with Gasteiger partial charge in [0.05, 0.1) is 13.3 Å². The molecular weight excluding hydrogens is 426 g/mol. The summed E-state index contributed by atoms with van der Waals surface area (Å²) in [6.07, 6.45) is 1.84. The molecule has 0 aromatic heterocycles. The summed E-state index contributed by atoms with van der Waals surface area (Å²) < 4.78 is 5.65. The van der Waals surface area contributed by atoms with Crippen LogP contribution in [0.2, 0.25) is 0 Å². The zero-order valence-corrected chi connectivity index (χ0v) is 16.8. The van der Waals surface area contributed by atoms with Crippen LogP contribution >= 0.6 is 15.9 Å². The summed E-state index contributed by atoms with van der Waals surface area (Å²) in [4.78, 5) is 25.9. The number of hydrazone groups is 1. The molecule has 1 atom stereocenters. The fourth-order valence-corrected chi connectivity index (χ4v) is 3.51. The van der Waals surface area contributed by atoms with Gasteiger partial charge < -0.3 is 14.7 Å². The molecule has 2 aromatic rings. The van der Waals surface area contributed by atoms with E-state index in [9.17, 15) is 14.7 Å². The number of ether oxygens (including phenoxy) is 1. The number of nitrogens with one attached hydrogen (secondary N) is 1. The Balaban J connectivity index is 1.56. The number of hydrogen-bond donors (Lipinski definition) is 2. The lowest BCUT2D eigenvalue weighted by atomic mass is 9.99. The third-order valence-corrected chi connectivity index (χ3v) is 5.20. The van der Waals surface area contributed by atoms with Gasteiger partial charge in [0.25, 0.3) is 5.91 Å². The van der Waals surface area contributed by atoms with Gasteiger partial charge in [-0.25, -0.2) is 5.43 Å². The lowest BCUT2D eigenvalue weighted by Gasteiger charge is -2.15. The molecule has 0 aliphatic carbocycles. The molecule has 1 heterocycles. The highest BCUT2D eigenvalue weighted by Gasteiger charge is 2.31. The number of methoxy groups -OCH3 is 1. The molecule has 0 bridgehead atoms. The van der Waals surface area contributed by atoms with Gasteiger partial charge in [-0.2, -0.15) is 5.10 Å². The molecule has 3 rings (SSSR count). The van der Waals surface area contributed by atoms with Gasteiger partial charge >= 0.3 is 0 Å². The normalized spacial score (nSPS) is 16.6. The van der Waals surface area contributed by atoms with Crippen molar-refractivity contribution in [3.63, 3.8) is 0 Å². The SMILES string of the molecule is COc1cc(/C=N/NC(=O)CN2CC(c3ccccc3)CC2=O)c(Br)cc1O. The van der Waals surface area contributed by atoms with Gasteiger partial charge in [0, 0.05) is 28.9 Å². The van der Waals surface area contributed by atoms with Crippen molar-refractivity contribution in [2.24, 2.45) is 5.10 Å². The molecule has 0 saturated carbocycles. The minimum Gasteiger partial charge on any atom is -0.504 e. The van der Waals surface area contributed by atoms with Crippen LogP contribution < -0.4 is 10.2 Å². The maximum atomic E-state index is 12.2. The number of halogens is 1. The summed E-state index contributed by atoms with van der Waals surface area (Å²) in [7, 11) is 1.45. The summed E-state index contributed by atoms with van der Waals surface area (Å²) >= 11 is 3.31. The van der Waals surface area contributed by atoms with Crippen molar-refractivity contribution in [3.8, 4) is 11.5 Å². The highest BCUT2D eigenvalue weighted by molar-refractivity contribution is 9.10. The predicted octanol–water partition coefficient (Wildman–Crippen LogP) is 2.63. The Kier molecular flexibility index (Phi) is 6.30. The summed E-state index contributed by atoms with van der Waals surface area (Å²) in [5, 5.41) is 13.6. The molecule has 146 valence electrons. The second-order valence-corrected chi connectivity index (χ2v) is 7.28. The first-order valence-electron chi connectivity index (χ1n) is 8.69. The molecule has 0 radical (unpaired) electrons. The van der Waals surface area contributed by atoms with E-state index in [0.29, 0.717) is 28.8 Å². The first-order valence-corrected chi connectivity index (χ1v) is 9.48. The van der Waals surface area contributed by atoms with Crippen molar-refractivity contribution in [2.45, 2.75) is 12.3 Å². The van der Waals surface area contributed by atoms with Crippen molar-refractivity contribution in [3.05, 3.63) is 58.1 Å². The average molecular weight is 446 g/mol. The average Bonchev–Trinajstić information content (AvgIpc) is 3.04. The van der Waals surface area contributed by atoms with Crippen LogP contribution in [0, 0.1) is 0 Å². The maximum absolute atomic E-state index is 12.2. The van der Waals surface area contributed by atoms with Gasteiger partial charge in [0.15, 0.2) is 11.5 Å². The zero-order chi connectivity index (χ0) is 20.1. The number of rotatable bonds is 6. The van der Waals surface area contributed by atoms with Crippen LogP contribution in [0.15, 0.2) is 52.0 Å². The maximum Gasteiger partial charge on any atom is 0.259 e. The van der Waals surface area contributed by atoms with Crippen LogP contribution in [-0.2, 0) is 9.59 Å². The number of benzene rings is 2. The lowest BCUT2D eigenvalue weighted by Crippen LogP contribution is -2.36. The van der Waals surface area contributed by atoms with Crippen molar-refractivity contribution >= 4 is 34.0 Å². The molecule has 1 aliphatic rings. The summed E-state index contributed by atoms with van der Waals surface area (Å²) in [5.41, 5.74) is 4.15. The van der Waals surface area contributed by atoms with Crippen LogP contribution in [0.25, 0.3) is 0 Å². The summed E-state index contributed by atoms with van der Waals surface area (Å²) in [5.74, 6) is -0.0220. The quantitative estimate of drug-likeness (QED) is 0.527. The predicted molar refractivity (Wildman–Crippen MR) is 108 cm³/mol. The molecule has 0 spiro atoms. The van der Waals surface area contributed by atoms with Crippen LogP contribution in [0.3, 0.4) is 0 Å². The monoisotopic (exact) mass is 445 g/mol. The molecule has 28 heavy (non-hydrogen) atoms. The fourth-order valence-electron chi connectivity index (χ4n) is 3.08. The molecule has 1 fully saturated rings.